The highest BCUT2D eigenvalue weighted by Crippen LogP contribution is 2.35. The summed E-state index contributed by atoms with van der Waals surface area (Å²) in [6.45, 7) is 4.16. The Hall–Kier alpha value is -1.95. The molecule has 2 aromatic rings. The van der Waals surface area contributed by atoms with Crippen molar-refractivity contribution in [2.75, 3.05) is 6.61 Å². The number of carbonyl (C=O) groups excluding carboxylic acids is 1. The van der Waals surface area contributed by atoms with Gasteiger partial charge in [-0.05, 0) is 25.8 Å². The molecule has 5 nitrogen and oxygen atoms in total. The summed E-state index contributed by atoms with van der Waals surface area (Å²) in [4.78, 5) is 24.1. The van der Waals surface area contributed by atoms with Gasteiger partial charge in [0.25, 0.3) is 5.69 Å². The van der Waals surface area contributed by atoms with Crippen LogP contribution in [0.25, 0.3) is 10.8 Å². The lowest BCUT2D eigenvalue weighted by Gasteiger charge is -1.99. The van der Waals surface area contributed by atoms with Crippen LogP contribution in [0.5, 0.6) is 0 Å². The second-order valence-electron chi connectivity index (χ2n) is 4.67. The second kappa shape index (κ2) is 6.67. The van der Waals surface area contributed by atoms with E-state index in [4.69, 9.17) is 4.74 Å². The number of nitrogens with zero attached hydrogens (tertiary/aromatic N) is 1. The summed E-state index contributed by atoms with van der Waals surface area (Å²) in [6, 6.07) is 4.63. The Kier molecular flexibility index (Phi) is 4.90. The number of benzene rings is 1. The molecule has 0 radical (unpaired) electrons. The van der Waals surface area contributed by atoms with Gasteiger partial charge in [-0.15, -0.1) is 11.3 Å². The molecule has 0 aliphatic rings. The predicted octanol–water partition coefficient (Wildman–Crippen LogP) is 4.33. The molecule has 0 fully saturated rings. The molecular weight excluding hydrogens is 290 g/mol. The summed E-state index contributed by atoms with van der Waals surface area (Å²) >= 11 is 1.38. The zero-order valence-corrected chi connectivity index (χ0v) is 12.9. The fraction of sp³-hybridized carbons (Fsp3) is 0.400. The number of carbonyl (C=O) groups is 1. The number of nitro groups is 1. The first-order valence-electron chi connectivity index (χ1n) is 6.95. The zero-order valence-electron chi connectivity index (χ0n) is 12.0. The van der Waals surface area contributed by atoms with E-state index < -0.39 is 4.92 Å². The zero-order chi connectivity index (χ0) is 15.4. The number of aryl methyl sites for hydroxylation is 1. The minimum Gasteiger partial charge on any atom is -0.462 e. The molecule has 1 heterocycles. The Morgan fingerprint density at radius 1 is 1.33 bits per heavy atom. The highest BCUT2D eigenvalue weighted by Gasteiger charge is 2.20. The van der Waals surface area contributed by atoms with Crippen LogP contribution < -0.4 is 0 Å². The number of non-ortho nitro benzene ring substituents is 1. The summed E-state index contributed by atoms with van der Waals surface area (Å²) in [5.41, 5.74) is 0.0495. The average Bonchev–Trinajstić information content (AvgIpc) is 2.83. The van der Waals surface area contributed by atoms with Crippen LogP contribution in [-0.4, -0.2) is 17.5 Å². The van der Waals surface area contributed by atoms with Gasteiger partial charge >= 0.3 is 5.97 Å². The number of thiophene rings is 1. The first-order chi connectivity index (χ1) is 10.1. The number of esters is 1. The molecule has 6 heteroatoms. The second-order valence-corrected chi connectivity index (χ2v) is 5.77. The lowest BCUT2D eigenvalue weighted by atomic mass is 10.1. The maximum Gasteiger partial charge on any atom is 0.348 e. The van der Waals surface area contributed by atoms with Gasteiger partial charge in [0.15, 0.2) is 0 Å². The molecule has 0 saturated heterocycles. The molecule has 0 amide bonds. The van der Waals surface area contributed by atoms with E-state index in [1.54, 1.807) is 19.1 Å². The van der Waals surface area contributed by atoms with Crippen LogP contribution in [-0.2, 0) is 11.2 Å². The van der Waals surface area contributed by atoms with E-state index in [1.807, 2.05) is 0 Å². The molecule has 0 N–H and O–H groups in total. The lowest BCUT2D eigenvalue weighted by Crippen LogP contribution is -2.02. The molecular formula is C15H17NO4S. The van der Waals surface area contributed by atoms with Crippen LogP contribution in [0.15, 0.2) is 18.2 Å². The Labute approximate surface area is 126 Å². The van der Waals surface area contributed by atoms with Gasteiger partial charge in [-0.3, -0.25) is 10.1 Å². The van der Waals surface area contributed by atoms with E-state index in [0.717, 1.165) is 34.9 Å². The molecule has 0 atom stereocenters. The summed E-state index contributed by atoms with van der Waals surface area (Å²) in [7, 11) is 0. The van der Waals surface area contributed by atoms with Crippen molar-refractivity contribution in [3.05, 3.63) is 38.1 Å². The van der Waals surface area contributed by atoms with Crippen molar-refractivity contribution >= 4 is 33.8 Å². The fourth-order valence-electron chi connectivity index (χ4n) is 2.18. The third-order valence-electron chi connectivity index (χ3n) is 3.20. The summed E-state index contributed by atoms with van der Waals surface area (Å²) in [5, 5.41) is 12.5. The van der Waals surface area contributed by atoms with Crippen molar-refractivity contribution < 1.29 is 14.5 Å². The van der Waals surface area contributed by atoms with Crippen LogP contribution in [0.2, 0.25) is 0 Å². The number of fused-ring (bicyclic) bond motifs is 1. The predicted molar refractivity (Wildman–Crippen MR) is 83.0 cm³/mol. The highest BCUT2D eigenvalue weighted by molar-refractivity contribution is 7.15. The first kappa shape index (κ1) is 15.4. The van der Waals surface area contributed by atoms with Gasteiger partial charge < -0.3 is 4.74 Å². The summed E-state index contributed by atoms with van der Waals surface area (Å²) in [6.07, 6.45) is 2.84. The van der Waals surface area contributed by atoms with Crippen molar-refractivity contribution in [1.82, 2.24) is 0 Å². The Morgan fingerprint density at radius 2 is 2.10 bits per heavy atom. The third-order valence-corrected chi connectivity index (χ3v) is 4.46. The molecule has 21 heavy (non-hydrogen) atoms. The maximum atomic E-state index is 12.0. The van der Waals surface area contributed by atoms with Crippen LogP contribution in [0.1, 0.15) is 41.2 Å². The number of nitro benzene ring substituents is 1. The van der Waals surface area contributed by atoms with Gasteiger partial charge in [0.2, 0.25) is 0 Å². The molecule has 0 bridgehead atoms. The van der Waals surface area contributed by atoms with Crippen LogP contribution in [0.3, 0.4) is 0 Å². The van der Waals surface area contributed by atoms with Crippen molar-refractivity contribution in [3.8, 4) is 0 Å². The van der Waals surface area contributed by atoms with Crippen molar-refractivity contribution in [2.45, 2.75) is 33.1 Å². The first-order valence-corrected chi connectivity index (χ1v) is 7.77. The van der Waals surface area contributed by atoms with Crippen LogP contribution in [0.4, 0.5) is 5.69 Å². The third kappa shape index (κ3) is 3.21. The molecule has 0 aliphatic heterocycles. The van der Waals surface area contributed by atoms with Gasteiger partial charge in [0.1, 0.15) is 4.88 Å². The largest absolute Gasteiger partial charge is 0.462 e. The Balaban J connectivity index is 2.55. The Morgan fingerprint density at radius 3 is 2.71 bits per heavy atom. The van der Waals surface area contributed by atoms with Crippen molar-refractivity contribution in [1.29, 1.82) is 0 Å². The summed E-state index contributed by atoms with van der Waals surface area (Å²) < 4.78 is 5.07. The molecule has 0 saturated carbocycles. The minimum absolute atomic E-state index is 0.0495. The topological polar surface area (TPSA) is 69.4 Å². The SMILES string of the molecule is CCCCc1sc(C(=O)OCC)c2ccc([N+](=O)[O-])cc12. The van der Waals surface area contributed by atoms with Crippen molar-refractivity contribution in [2.24, 2.45) is 0 Å². The van der Waals surface area contributed by atoms with Crippen LogP contribution in [0, 0.1) is 10.1 Å². The van der Waals surface area contributed by atoms with Gasteiger partial charge in [-0.2, -0.15) is 0 Å². The number of hydrogen-bond donors (Lipinski definition) is 0. The molecule has 112 valence electrons. The van der Waals surface area contributed by atoms with Crippen molar-refractivity contribution in [3.63, 3.8) is 0 Å². The number of hydrogen-bond acceptors (Lipinski definition) is 5. The average molecular weight is 307 g/mol. The van der Waals surface area contributed by atoms with E-state index in [2.05, 4.69) is 6.92 Å². The molecule has 1 aromatic carbocycles. The Bertz CT molecular complexity index is 678. The quantitative estimate of drug-likeness (QED) is 0.452. The van der Waals surface area contributed by atoms with Crippen LogP contribution >= 0.6 is 11.3 Å². The van der Waals surface area contributed by atoms with E-state index in [0.29, 0.717) is 11.5 Å². The number of ether oxygens (including phenoxy) is 1. The number of unbranched alkanes of at least 4 members (excludes halogenated alkanes) is 1. The summed E-state index contributed by atoms with van der Waals surface area (Å²) in [5.74, 6) is -0.357. The lowest BCUT2D eigenvalue weighted by molar-refractivity contribution is -0.384. The van der Waals surface area contributed by atoms with E-state index in [-0.39, 0.29) is 11.7 Å². The normalized spacial score (nSPS) is 10.8. The van der Waals surface area contributed by atoms with E-state index >= 15 is 0 Å². The molecule has 0 unspecified atom stereocenters. The van der Waals surface area contributed by atoms with Gasteiger partial charge in [-0.25, -0.2) is 4.79 Å². The maximum absolute atomic E-state index is 12.0. The van der Waals surface area contributed by atoms with Gasteiger partial charge in [-0.1, -0.05) is 13.3 Å². The molecule has 0 aliphatic carbocycles. The number of rotatable bonds is 6. The molecule has 0 spiro atoms. The van der Waals surface area contributed by atoms with E-state index in [9.17, 15) is 14.9 Å². The standard InChI is InChI=1S/C15H17NO4S/c1-3-5-6-13-12-9-10(16(18)19)7-8-11(12)14(21-13)15(17)20-4-2/h7-9H,3-6H2,1-2H3. The minimum atomic E-state index is -0.412. The van der Waals surface area contributed by atoms with Gasteiger partial charge in [0, 0.05) is 27.8 Å². The fourth-order valence-corrected chi connectivity index (χ4v) is 3.38. The van der Waals surface area contributed by atoms with E-state index in [1.165, 1.54) is 17.4 Å². The van der Waals surface area contributed by atoms with Gasteiger partial charge in [0.05, 0.1) is 11.5 Å². The molecule has 2 rings (SSSR count). The molecule has 1 aromatic heterocycles. The monoisotopic (exact) mass is 307 g/mol. The smallest absolute Gasteiger partial charge is 0.348 e. The highest BCUT2D eigenvalue weighted by atomic mass is 32.1.